The molecule has 8 rings (SSSR count). The number of fused-ring (bicyclic) bond motifs is 2. The summed E-state index contributed by atoms with van der Waals surface area (Å²) in [7, 11) is 3.33. The van der Waals surface area contributed by atoms with Gasteiger partial charge < -0.3 is 23.9 Å². The minimum absolute atomic E-state index is 0.121. The number of aromatic nitrogens is 4. The molecule has 282 valence electrons. The Hall–Kier alpha value is -6.79. The van der Waals surface area contributed by atoms with E-state index in [9.17, 15) is 9.59 Å². The van der Waals surface area contributed by atoms with Gasteiger partial charge in [-0.05, 0) is 101 Å². The zero-order valence-electron chi connectivity index (χ0n) is 31.3. The first-order valence-corrected chi connectivity index (χ1v) is 18.4. The fourth-order valence-corrected chi connectivity index (χ4v) is 6.91. The molecule has 7 aromatic rings. The molecule has 2 aromatic heterocycles. The highest BCUT2D eigenvalue weighted by Crippen LogP contribution is 2.35. The number of ether oxygens (including phenoxy) is 3. The molecule has 0 unspecified atom stereocenters. The van der Waals surface area contributed by atoms with Gasteiger partial charge in [0.2, 0.25) is 5.82 Å². The Morgan fingerprint density at radius 1 is 0.839 bits per heavy atom. The lowest BCUT2D eigenvalue weighted by atomic mass is 9.98. The van der Waals surface area contributed by atoms with Gasteiger partial charge in [-0.25, -0.2) is 0 Å². The zero-order valence-corrected chi connectivity index (χ0v) is 31.3. The summed E-state index contributed by atoms with van der Waals surface area (Å²) in [6, 6.07) is 33.7. The quantitative estimate of drug-likeness (QED) is 0.137. The monoisotopic (exact) mass is 748 g/mol. The molecule has 0 aliphatic carbocycles. The van der Waals surface area contributed by atoms with Crippen LogP contribution in [-0.4, -0.2) is 58.3 Å². The Kier molecular flexibility index (Phi) is 10.3. The van der Waals surface area contributed by atoms with E-state index < -0.39 is 5.91 Å². The summed E-state index contributed by atoms with van der Waals surface area (Å²) in [6.07, 6.45) is 1.84. The smallest absolute Gasteiger partial charge is 0.291 e. The van der Waals surface area contributed by atoms with E-state index in [1.165, 1.54) is 27.6 Å². The number of hydrogen-bond donors (Lipinski definition) is 1. The number of tetrazole rings is 1. The third-order valence-electron chi connectivity index (χ3n) is 9.99. The fraction of sp³-hybridized carbons (Fsp3) is 0.205. The molecule has 12 nitrogen and oxygen atoms in total. The maximum absolute atomic E-state index is 13.6. The number of benzene rings is 5. The van der Waals surface area contributed by atoms with E-state index in [1.54, 1.807) is 50.6 Å². The number of nitrogens with one attached hydrogen (secondary N) is 1. The molecule has 56 heavy (non-hydrogen) atoms. The molecule has 0 spiro atoms. The fourth-order valence-electron chi connectivity index (χ4n) is 6.91. The molecule has 1 N–H and O–H groups in total. The summed E-state index contributed by atoms with van der Waals surface area (Å²) in [6.45, 7) is 4.98. The van der Waals surface area contributed by atoms with Gasteiger partial charge >= 0.3 is 0 Å². The predicted molar refractivity (Wildman–Crippen MR) is 213 cm³/mol. The number of nitrogens with zero attached hydrogens (tertiary/aromatic N) is 5. The van der Waals surface area contributed by atoms with Crippen LogP contribution in [0.2, 0.25) is 0 Å². The second kappa shape index (κ2) is 15.9. The Balaban J connectivity index is 1.01. The van der Waals surface area contributed by atoms with Crippen LogP contribution in [-0.2, 0) is 26.0 Å². The highest BCUT2D eigenvalue weighted by molar-refractivity contribution is 6.05. The second-order valence-corrected chi connectivity index (χ2v) is 13.7. The van der Waals surface area contributed by atoms with Gasteiger partial charge in [-0.1, -0.05) is 54.6 Å². The van der Waals surface area contributed by atoms with E-state index in [0.717, 1.165) is 60.8 Å². The van der Waals surface area contributed by atoms with Crippen molar-refractivity contribution in [1.29, 1.82) is 0 Å². The van der Waals surface area contributed by atoms with Gasteiger partial charge in [0.15, 0.2) is 22.7 Å². The van der Waals surface area contributed by atoms with Gasteiger partial charge in [0.1, 0.15) is 17.9 Å². The van der Waals surface area contributed by atoms with E-state index in [1.807, 2.05) is 49.4 Å². The topological polar surface area (TPSA) is 134 Å². The molecule has 12 heteroatoms. The van der Waals surface area contributed by atoms with Crippen molar-refractivity contribution in [2.75, 3.05) is 32.6 Å². The number of hydrogen-bond acceptors (Lipinski definition) is 10. The maximum Gasteiger partial charge on any atom is 0.291 e. The standard InChI is InChI=1S/C44H40N6O6/c1-28-21-36(45-44(52)42-25-37(51)34-11-7-8-12-38(34)56-42)35(24-39(28)55-27-30-9-5-4-6-10-30)43-46-48-50(47-43)33-15-13-29(14-16-33)17-19-49-20-18-31-22-40(53-2)41(54-3)23-32(31)26-49/h4-16,21-25H,17-20,26-27H2,1-3H3,(H,45,52). The Labute approximate surface area is 323 Å². The van der Waals surface area contributed by atoms with Crippen LogP contribution in [0.4, 0.5) is 5.69 Å². The SMILES string of the molecule is COc1cc2c(cc1OC)CN(CCc1ccc(-n3nnc(-c4cc(OCc5ccccc5)c(C)cc4NC(=O)c4cc(=O)c5ccccc5o4)n3)cc1)CC2. The van der Waals surface area contributed by atoms with Crippen LogP contribution in [0.1, 0.15) is 38.4 Å². The van der Waals surface area contributed by atoms with Gasteiger partial charge in [0.25, 0.3) is 5.91 Å². The van der Waals surface area contributed by atoms with Crippen molar-refractivity contribution in [2.45, 2.75) is 32.9 Å². The average molecular weight is 749 g/mol. The van der Waals surface area contributed by atoms with Gasteiger partial charge in [-0.15, -0.1) is 15.0 Å². The summed E-state index contributed by atoms with van der Waals surface area (Å²) < 4.78 is 23.1. The van der Waals surface area contributed by atoms with Crippen molar-refractivity contribution < 1.29 is 23.4 Å². The minimum Gasteiger partial charge on any atom is -0.493 e. The van der Waals surface area contributed by atoms with Crippen LogP contribution in [0.5, 0.6) is 17.2 Å². The molecule has 1 amide bonds. The highest BCUT2D eigenvalue weighted by atomic mass is 16.5. The van der Waals surface area contributed by atoms with Crippen LogP contribution >= 0.6 is 0 Å². The number of rotatable bonds is 12. The summed E-state index contributed by atoms with van der Waals surface area (Å²) in [5.41, 5.74) is 7.17. The lowest BCUT2D eigenvalue weighted by molar-refractivity contribution is 0.0997. The third-order valence-corrected chi connectivity index (χ3v) is 9.99. The lowest BCUT2D eigenvalue weighted by Crippen LogP contribution is -2.32. The Bertz CT molecular complexity index is 2590. The minimum atomic E-state index is -0.594. The predicted octanol–water partition coefficient (Wildman–Crippen LogP) is 7.19. The average Bonchev–Trinajstić information content (AvgIpc) is 3.73. The molecular weight excluding hydrogens is 709 g/mol. The summed E-state index contributed by atoms with van der Waals surface area (Å²) in [5.74, 6) is 1.67. The van der Waals surface area contributed by atoms with Crippen LogP contribution in [0.25, 0.3) is 28.0 Å². The molecule has 1 aliphatic rings. The number of carbonyl (C=O) groups excluding carboxylic acids is 1. The molecule has 0 bridgehead atoms. The third kappa shape index (κ3) is 7.73. The Morgan fingerprint density at radius 3 is 2.38 bits per heavy atom. The zero-order chi connectivity index (χ0) is 38.6. The van der Waals surface area contributed by atoms with E-state index in [4.69, 9.17) is 23.7 Å². The highest BCUT2D eigenvalue weighted by Gasteiger charge is 2.22. The molecule has 0 radical (unpaired) electrons. The van der Waals surface area contributed by atoms with Gasteiger partial charge in [0.05, 0.1) is 36.5 Å². The number of aryl methyl sites for hydroxylation is 1. The molecule has 0 saturated heterocycles. The van der Waals surface area contributed by atoms with E-state index in [2.05, 4.69) is 44.8 Å². The van der Waals surface area contributed by atoms with Crippen molar-refractivity contribution in [3.63, 3.8) is 0 Å². The molecule has 0 atom stereocenters. The first-order valence-electron chi connectivity index (χ1n) is 18.4. The van der Waals surface area contributed by atoms with E-state index >= 15 is 0 Å². The number of carbonyl (C=O) groups is 1. The van der Waals surface area contributed by atoms with E-state index in [-0.39, 0.29) is 17.0 Å². The Morgan fingerprint density at radius 2 is 1.59 bits per heavy atom. The largest absolute Gasteiger partial charge is 0.493 e. The molecule has 3 heterocycles. The lowest BCUT2D eigenvalue weighted by Gasteiger charge is -2.29. The van der Waals surface area contributed by atoms with Gasteiger partial charge in [-0.2, -0.15) is 0 Å². The first-order chi connectivity index (χ1) is 27.3. The normalized spacial score (nSPS) is 12.6. The summed E-state index contributed by atoms with van der Waals surface area (Å²) in [4.78, 5) is 30.3. The molecule has 0 saturated carbocycles. The number of amides is 1. The van der Waals surface area contributed by atoms with Crippen molar-refractivity contribution in [3.05, 3.63) is 153 Å². The molecule has 0 fully saturated rings. The van der Waals surface area contributed by atoms with Gasteiger partial charge in [0, 0.05) is 25.7 Å². The van der Waals surface area contributed by atoms with Crippen LogP contribution in [0, 0.1) is 6.92 Å². The van der Waals surface area contributed by atoms with Crippen LogP contribution in [0.15, 0.2) is 118 Å². The number of methoxy groups -OCH3 is 2. The summed E-state index contributed by atoms with van der Waals surface area (Å²) in [5, 5.41) is 16.8. The van der Waals surface area contributed by atoms with Crippen molar-refractivity contribution >= 4 is 22.6 Å². The first kappa shape index (κ1) is 36.2. The second-order valence-electron chi connectivity index (χ2n) is 13.7. The van der Waals surface area contributed by atoms with Crippen LogP contribution in [0.3, 0.4) is 0 Å². The summed E-state index contributed by atoms with van der Waals surface area (Å²) >= 11 is 0. The maximum atomic E-state index is 13.6. The van der Waals surface area contributed by atoms with Gasteiger partial charge in [-0.3, -0.25) is 14.5 Å². The van der Waals surface area contributed by atoms with Crippen molar-refractivity contribution in [1.82, 2.24) is 25.1 Å². The van der Waals surface area contributed by atoms with Crippen molar-refractivity contribution in [2.24, 2.45) is 0 Å². The molecule has 1 aliphatic heterocycles. The van der Waals surface area contributed by atoms with Crippen LogP contribution < -0.4 is 25.0 Å². The van der Waals surface area contributed by atoms with E-state index in [0.29, 0.717) is 34.6 Å². The van der Waals surface area contributed by atoms with Crippen molar-refractivity contribution in [3.8, 4) is 34.3 Å². The molecule has 5 aromatic carbocycles. The number of anilines is 1. The molecular formula is C44H40N6O6. The number of para-hydroxylation sites is 1.